The van der Waals surface area contributed by atoms with Crippen LogP contribution in [0.1, 0.15) is 11.3 Å². The van der Waals surface area contributed by atoms with E-state index in [2.05, 4.69) is 25.1 Å². The van der Waals surface area contributed by atoms with Gasteiger partial charge >= 0.3 is 0 Å². The number of aryl methyl sites for hydroxylation is 2. The molecule has 1 aliphatic heterocycles. The van der Waals surface area contributed by atoms with E-state index in [1.54, 1.807) is 0 Å². The number of anilines is 4. The molecule has 3 aromatic rings. The molecular weight excluding hydrogens is 372 g/mol. The topological polar surface area (TPSA) is 57.2 Å². The molecule has 144 valence electrons. The predicted molar refractivity (Wildman–Crippen MR) is 115 cm³/mol. The zero-order chi connectivity index (χ0) is 19.5. The smallest absolute Gasteiger partial charge is 0.227 e. The van der Waals surface area contributed by atoms with Crippen LogP contribution < -0.4 is 15.1 Å². The minimum absolute atomic E-state index is 0.699. The van der Waals surface area contributed by atoms with Gasteiger partial charge in [0.1, 0.15) is 11.6 Å². The standard InChI is InChI=1S/C21H23ClN6/c1-15-6-7-17(22)14-18(15)25-19-13-16(2)24-21(26-19)28-11-9-27(10-12-28)20-5-3-4-8-23-20/h3-8,13-14H,9-12H2,1-2H3,(H,24,25,26). The molecule has 2 aromatic heterocycles. The molecule has 0 aliphatic carbocycles. The van der Waals surface area contributed by atoms with E-state index < -0.39 is 0 Å². The maximum Gasteiger partial charge on any atom is 0.227 e. The quantitative estimate of drug-likeness (QED) is 0.715. The lowest BCUT2D eigenvalue weighted by atomic mass is 10.2. The van der Waals surface area contributed by atoms with E-state index in [-0.39, 0.29) is 0 Å². The van der Waals surface area contributed by atoms with Crippen molar-refractivity contribution in [2.45, 2.75) is 13.8 Å². The van der Waals surface area contributed by atoms with Crippen molar-refractivity contribution in [1.82, 2.24) is 15.0 Å². The number of hydrogen-bond donors (Lipinski definition) is 1. The molecule has 0 unspecified atom stereocenters. The van der Waals surface area contributed by atoms with Crippen molar-refractivity contribution in [1.29, 1.82) is 0 Å². The fraction of sp³-hybridized carbons (Fsp3) is 0.286. The number of nitrogens with zero attached hydrogens (tertiary/aromatic N) is 5. The largest absolute Gasteiger partial charge is 0.353 e. The number of nitrogens with one attached hydrogen (secondary N) is 1. The second kappa shape index (κ2) is 8.02. The van der Waals surface area contributed by atoms with Crippen LogP contribution in [-0.2, 0) is 0 Å². The Labute approximate surface area is 170 Å². The zero-order valence-corrected chi connectivity index (χ0v) is 16.8. The number of benzene rings is 1. The Kier molecular flexibility index (Phi) is 5.30. The lowest BCUT2D eigenvalue weighted by Gasteiger charge is -2.35. The summed E-state index contributed by atoms with van der Waals surface area (Å²) < 4.78 is 0. The molecule has 1 saturated heterocycles. The Balaban J connectivity index is 1.49. The summed E-state index contributed by atoms with van der Waals surface area (Å²) in [4.78, 5) is 18.4. The molecule has 0 bridgehead atoms. The summed E-state index contributed by atoms with van der Waals surface area (Å²) >= 11 is 6.14. The molecule has 0 radical (unpaired) electrons. The molecule has 6 nitrogen and oxygen atoms in total. The lowest BCUT2D eigenvalue weighted by molar-refractivity contribution is 0.634. The average molecular weight is 395 g/mol. The van der Waals surface area contributed by atoms with Crippen LogP contribution in [0.2, 0.25) is 5.02 Å². The van der Waals surface area contributed by atoms with Crippen LogP contribution in [0.25, 0.3) is 0 Å². The summed E-state index contributed by atoms with van der Waals surface area (Å²) in [5.41, 5.74) is 3.00. The van der Waals surface area contributed by atoms with Crippen LogP contribution in [0.4, 0.5) is 23.3 Å². The first-order chi connectivity index (χ1) is 13.6. The van der Waals surface area contributed by atoms with Gasteiger partial charge in [-0.15, -0.1) is 0 Å². The highest BCUT2D eigenvalue weighted by atomic mass is 35.5. The Hall–Kier alpha value is -2.86. The predicted octanol–water partition coefficient (Wildman–Crippen LogP) is 4.21. The van der Waals surface area contributed by atoms with Gasteiger partial charge in [0.15, 0.2) is 0 Å². The lowest BCUT2D eigenvalue weighted by Crippen LogP contribution is -2.47. The fourth-order valence-electron chi connectivity index (χ4n) is 3.30. The molecular formula is C21H23ClN6. The maximum atomic E-state index is 6.14. The van der Waals surface area contributed by atoms with E-state index in [9.17, 15) is 0 Å². The summed E-state index contributed by atoms with van der Waals surface area (Å²) in [5.74, 6) is 2.55. The van der Waals surface area contributed by atoms with Gasteiger partial charge in [0, 0.05) is 54.8 Å². The summed E-state index contributed by atoms with van der Waals surface area (Å²) in [5, 5.41) is 4.08. The second-order valence-corrected chi connectivity index (χ2v) is 7.38. The molecule has 7 heteroatoms. The highest BCUT2D eigenvalue weighted by Gasteiger charge is 2.20. The first-order valence-corrected chi connectivity index (χ1v) is 9.76. The summed E-state index contributed by atoms with van der Waals surface area (Å²) in [6, 6.07) is 13.8. The SMILES string of the molecule is Cc1cc(Nc2cc(Cl)ccc2C)nc(N2CCN(c3ccccn3)CC2)n1. The van der Waals surface area contributed by atoms with E-state index >= 15 is 0 Å². The van der Waals surface area contributed by atoms with Crippen LogP contribution in [0.5, 0.6) is 0 Å². The molecule has 0 amide bonds. The van der Waals surface area contributed by atoms with E-state index in [0.29, 0.717) is 5.02 Å². The third-order valence-corrected chi connectivity index (χ3v) is 5.08. The van der Waals surface area contributed by atoms with Crippen molar-refractivity contribution in [3.63, 3.8) is 0 Å². The van der Waals surface area contributed by atoms with Gasteiger partial charge in [-0.05, 0) is 43.7 Å². The summed E-state index contributed by atoms with van der Waals surface area (Å²) in [6.07, 6.45) is 1.83. The molecule has 0 saturated carbocycles. The number of pyridine rings is 1. The normalized spacial score (nSPS) is 14.2. The number of rotatable bonds is 4. The third kappa shape index (κ3) is 4.17. The fourth-order valence-corrected chi connectivity index (χ4v) is 3.47. The highest BCUT2D eigenvalue weighted by molar-refractivity contribution is 6.30. The van der Waals surface area contributed by atoms with Gasteiger partial charge in [0.2, 0.25) is 5.95 Å². The monoisotopic (exact) mass is 394 g/mol. The highest BCUT2D eigenvalue weighted by Crippen LogP contribution is 2.25. The summed E-state index contributed by atoms with van der Waals surface area (Å²) in [7, 11) is 0. The third-order valence-electron chi connectivity index (χ3n) is 4.84. The Morgan fingerprint density at radius 3 is 2.46 bits per heavy atom. The van der Waals surface area contributed by atoms with Gasteiger partial charge in [-0.25, -0.2) is 9.97 Å². The number of hydrogen-bond acceptors (Lipinski definition) is 6. The average Bonchev–Trinajstić information content (AvgIpc) is 2.71. The molecule has 0 spiro atoms. The molecule has 1 aliphatic rings. The molecule has 1 N–H and O–H groups in total. The summed E-state index contributed by atoms with van der Waals surface area (Å²) in [6.45, 7) is 7.54. The first-order valence-electron chi connectivity index (χ1n) is 9.38. The van der Waals surface area contributed by atoms with Crippen LogP contribution in [0.15, 0.2) is 48.7 Å². The van der Waals surface area contributed by atoms with Gasteiger partial charge in [-0.3, -0.25) is 0 Å². The van der Waals surface area contributed by atoms with Crippen molar-refractivity contribution >= 4 is 34.9 Å². The van der Waals surface area contributed by atoms with Crippen LogP contribution >= 0.6 is 11.6 Å². The second-order valence-electron chi connectivity index (χ2n) is 6.94. The zero-order valence-electron chi connectivity index (χ0n) is 16.1. The molecule has 1 fully saturated rings. The maximum absolute atomic E-state index is 6.14. The van der Waals surface area contributed by atoms with Gasteiger partial charge in [-0.1, -0.05) is 23.7 Å². The van der Waals surface area contributed by atoms with E-state index in [0.717, 1.165) is 60.7 Å². The Morgan fingerprint density at radius 1 is 0.929 bits per heavy atom. The van der Waals surface area contributed by atoms with Crippen molar-refractivity contribution in [2.75, 3.05) is 41.3 Å². The first kappa shape index (κ1) is 18.5. The minimum atomic E-state index is 0.699. The Morgan fingerprint density at radius 2 is 1.71 bits per heavy atom. The van der Waals surface area contributed by atoms with Crippen molar-refractivity contribution in [2.24, 2.45) is 0 Å². The van der Waals surface area contributed by atoms with Crippen molar-refractivity contribution < 1.29 is 0 Å². The van der Waals surface area contributed by atoms with Gasteiger partial charge in [0.25, 0.3) is 0 Å². The van der Waals surface area contributed by atoms with Crippen LogP contribution in [0.3, 0.4) is 0 Å². The molecule has 0 atom stereocenters. The van der Waals surface area contributed by atoms with E-state index in [1.807, 2.05) is 62.5 Å². The van der Waals surface area contributed by atoms with E-state index in [1.165, 1.54) is 0 Å². The van der Waals surface area contributed by atoms with Crippen LogP contribution in [-0.4, -0.2) is 41.1 Å². The van der Waals surface area contributed by atoms with Gasteiger partial charge in [0.05, 0.1) is 0 Å². The van der Waals surface area contributed by atoms with Gasteiger partial charge < -0.3 is 15.1 Å². The number of halogens is 1. The van der Waals surface area contributed by atoms with Gasteiger partial charge in [-0.2, -0.15) is 4.98 Å². The molecule has 4 rings (SSSR count). The number of aromatic nitrogens is 3. The van der Waals surface area contributed by atoms with Crippen molar-refractivity contribution in [3.8, 4) is 0 Å². The van der Waals surface area contributed by atoms with Crippen LogP contribution in [0, 0.1) is 13.8 Å². The minimum Gasteiger partial charge on any atom is -0.353 e. The Bertz CT molecular complexity index is 954. The van der Waals surface area contributed by atoms with E-state index in [4.69, 9.17) is 16.6 Å². The number of piperazine rings is 1. The van der Waals surface area contributed by atoms with Crippen molar-refractivity contribution in [3.05, 3.63) is 64.9 Å². The molecule has 1 aromatic carbocycles. The molecule has 3 heterocycles. The molecule has 28 heavy (non-hydrogen) atoms.